The van der Waals surface area contributed by atoms with Crippen molar-refractivity contribution in [3.63, 3.8) is 0 Å². The maximum Gasteiger partial charge on any atom is 0.460 e. The monoisotopic (exact) mass is 743 g/mol. The van der Waals surface area contributed by atoms with Gasteiger partial charge in [-0.2, -0.15) is 79.0 Å². The minimum absolute atomic E-state index is 0.370. The minimum atomic E-state index is -8.50. The third-order valence-electron chi connectivity index (χ3n) is 6.30. The van der Waals surface area contributed by atoms with E-state index in [0.717, 1.165) is 24.3 Å². The van der Waals surface area contributed by atoms with E-state index < -0.39 is 105 Å². The highest BCUT2D eigenvalue weighted by Gasteiger charge is 2.87. The molecule has 1 aromatic rings. The number of halogens is 18. The molecule has 3 rings (SSSR count). The zero-order valence-corrected chi connectivity index (χ0v) is 22.3. The zero-order chi connectivity index (χ0) is 36.3. The molecule has 0 saturated heterocycles. The van der Waals surface area contributed by atoms with Crippen molar-refractivity contribution in [2.24, 2.45) is 0 Å². The first-order valence-corrected chi connectivity index (χ1v) is 13.8. The number of allylic oxidation sites excluding steroid dienone is 4. The van der Waals surface area contributed by atoms with E-state index in [1.807, 2.05) is 0 Å². The quantitative estimate of drug-likeness (QED) is 0.281. The lowest BCUT2D eigenvalue weighted by molar-refractivity contribution is -0.382. The van der Waals surface area contributed by atoms with Crippen molar-refractivity contribution in [3.05, 3.63) is 56.9 Å². The fraction of sp³-hybridized carbons (Fsp3) is 0.381. The second kappa shape index (κ2) is 9.88. The zero-order valence-electron chi connectivity index (χ0n) is 20.7. The van der Waals surface area contributed by atoms with Gasteiger partial charge < -0.3 is 0 Å². The van der Waals surface area contributed by atoms with Gasteiger partial charge in [0.1, 0.15) is 4.91 Å². The lowest BCUT2D eigenvalue weighted by Gasteiger charge is -2.36. The molecule has 0 radical (unpaired) electrons. The number of hydrogen-bond acceptors (Lipinski definition) is 5. The van der Waals surface area contributed by atoms with Gasteiger partial charge in [0.15, 0.2) is 0 Å². The molecule has 0 bridgehead atoms. The summed E-state index contributed by atoms with van der Waals surface area (Å²) < 4.78 is 295. The van der Waals surface area contributed by atoms with E-state index in [1.54, 1.807) is 0 Å². The molecule has 1 aromatic carbocycles. The van der Waals surface area contributed by atoms with Gasteiger partial charge in [0.2, 0.25) is 0 Å². The van der Waals surface area contributed by atoms with Gasteiger partial charge in [-0.05, 0) is 28.9 Å². The first-order chi connectivity index (χ1) is 20.1. The number of alkyl halides is 18. The predicted molar refractivity (Wildman–Crippen MR) is 117 cm³/mol. The van der Waals surface area contributed by atoms with E-state index in [0.29, 0.717) is 6.08 Å². The molecule has 0 fully saturated rings. The SMILES string of the molecule is N=C1C2=Cc3ccccc3C2=CC(S(=O)(=O)C(F)(F)C(F)(F)C(F)(F)C(F)(F)F)=C1S(=O)(=O)C(F)(F)C(F)(F)C(F)(F)C(F)(F)F. The van der Waals surface area contributed by atoms with E-state index in [-0.39, 0.29) is 5.56 Å². The molecule has 2 aliphatic carbocycles. The fourth-order valence-electron chi connectivity index (χ4n) is 3.84. The normalized spacial score (nSPS) is 17.9. The summed E-state index contributed by atoms with van der Waals surface area (Å²) in [7, 11) is -16.9. The lowest BCUT2D eigenvalue weighted by atomic mass is 9.95. The van der Waals surface area contributed by atoms with Crippen LogP contribution in [0.25, 0.3) is 11.6 Å². The summed E-state index contributed by atoms with van der Waals surface area (Å²) in [5.74, 6) is -32.6. The van der Waals surface area contributed by atoms with E-state index in [4.69, 9.17) is 5.41 Å². The number of nitrogens with one attached hydrogen (secondary N) is 1. The van der Waals surface area contributed by atoms with Crippen molar-refractivity contribution in [1.29, 1.82) is 5.41 Å². The van der Waals surface area contributed by atoms with E-state index in [9.17, 15) is 95.9 Å². The van der Waals surface area contributed by atoms with Gasteiger partial charge in [0.25, 0.3) is 19.7 Å². The molecule has 2 aliphatic rings. The molecule has 0 aromatic heterocycles. The third kappa shape index (κ3) is 4.49. The van der Waals surface area contributed by atoms with E-state index >= 15 is 0 Å². The van der Waals surface area contributed by atoms with Gasteiger partial charge >= 0.3 is 46.6 Å². The topological polar surface area (TPSA) is 92.1 Å². The standard InChI is InChI=1S/C21H7F18NO4S2/c22-14(23,18(30,31)32)16(26,27)20(36,37)45(41,42)11-6-9-8-4-2-1-3-7(8)5-10(9)12(40)13(11)46(43,44)21(38,39)17(28,29)15(24,25)19(33,34)35/h1-6,40H. The van der Waals surface area contributed by atoms with Crippen molar-refractivity contribution in [1.82, 2.24) is 0 Å². The van der Waals surface area contributed by atoms with Crippen LogP contribution in [0.1, 0.15) is 11.1 Å². The molecule has 0 amide bonds. The molecule has 0 spiro atoms. The second-order valence-corrected chi connectivity index (χ2v) is 13.0. The van der Waals surface area contributed by atoms with Crippen LogP contribution in [0.3, 0.4) is 0 Å². The Hall–Kier alpha value is -3.25. The van der Waals surface area contributed by atoms with E-state index in [2.05, 4.69) is 0 Å². The smallest absolute Gasteiger partial charge is 0.299 e. The Kier molecular flexibility index (Phi) is 8.00. The minimum Gasteiger partial charge on any atom is -0.299 e. The highest BCUT2D eigenvalue weighted by Crippen LogP contribution is 2.60. The first-order valence-electron chi connectivity index (χ1n) is 10.9. The average Bonchev–Trinajstić information content (AvgIpc) is 3.25. The number of benzene rings is 1. The van der Waals surface area contributed by atoms with Crippen LogP contribution in [0.2, 0.25) is 0 Å². The molecule has 1 N–H and O–H groups in total. The summed E-state index contributed by atoms with van der Waals surface area (Å²) in [6.07, 6.45) is -15.8. The average molecular weight is 743 g/mol. The van der Waals surface area contributed by atoms with Crippen LogP contribution in [0.5, 0.6) is 0 Å². The number of hydrogen-bond donors (Lipinski definition) is 1. The molecular formula is C21H7F18NO4S2. The van der Waals surface area contributed by atoms with Gasteiger partial charge in [-0.3, -0.25) is 5.41 Å². The van der Waals surface area contributed by atoms with Gasteiger partial charge in [-0.15, -0.1) is 0 Å². The van der Waals surface area contributed by atoms with E-state index in [1.165, 1.54) is 0 Å². The van der Waals surface area contributed by atoms with Gasteiger partial charge in [-0.1, -0.05) is 24.3 Å². The van der Waals surface area contributed by atoms with Crippen molar-refractivity contribution in [2.45, 2.75) is 46.6 Å². The van der Waals surface area contributed by atoms with Gasteiger partial charge in [-0.25, -0.2) is 16.8 Å². The molecule has 0 saturated carbocycles. The molecule has 0 aliphatic heterocycles. The molecule has 258 valence electrons. The largest absolute Gasteiger partial charge is 0.460 e. The van der Waals surface area contributed by atoms with Gasteiger partial charge in [0, 0.05) is 5.57 Å². The van der Waals surface area contributed by atoms with Crippen LogP contribution in [-0.4, -0.2) is 69.1 Å². The molecule has 0 unspecified atom stereocenters. The molecule has 0 heterocycles. The summed E-state index contributed by atoms with van der Waals surface area (Å²) in [5, 5.41) is -8.21. The molecule has 25 heteroatoms. The summed E-state index contributed by atoms with van der Waals surface area (Å²) >= 11 is 0. The molecule has 46 heavy (non-hydrogen) atoms. The van der Waals surface area contributed by atoms with Crippen LogP contribution >= 0.6 is 0 Å². The van der Waals surface area contributed by atoms with Crippen molar-refractivity contribution < 1.29 is 95.9 Å². The summed E-state index contributed by atoms with van der Waals surface area (Å²) in [4.78, 5) is -7.21. The molecular weight excluding hydrogens is 736 g/mol. The highest BCUT2D eigenvalue weighted by molar-refractivity contribution is 8.01. The van der Waals surface area contributed by atoms with Crippen LogP contribution in [0, 0.1) is 5.41 Å². The van der Waals surface area contributed by atoms with Gasteiger partial charge in [0.05, 0.1) is 10.6 Å². The lowest BCUT2D eigenvalue weighted by Crippen LogP contribution is -2.64. The maximum atomic E-state index is 14.7. The molecule has 5 nitrogen and oxygen atoms in total. The number of sulfone groups is 2. The van der Waals surface area contributed by atoms with Crippen LogP contribution < -0.4 is 0 Å². The Morgan fingerprint density at radius 1 is 0.500 bits per heavy atom. The number of rotatable bonds is 8. The van der Waals surface area contributed by atoms with Crippen molar-refractivity contribution in [2.75, 3.05) is 0 Å². The predicted octanol–water partition coefficient (Wildman–Crippen LogP) is 7.39. The third-order valence-corrected chi connectivity index (χ3v) is 10.2. The van der Waals surface area contributed by atoms with Crippen LogP contribution in [0.4, 0.5) is 79.0 Å². The highest BCUT2D eigenvalue weighted by atomic mass is 32.2. The summed E-state index contributed by atoms with van der Waals surface area (Å²) in [5.41, 5.74) is -6.00. The fourth-order valence-corrected chi connectivity index (χ4v) is 7.29. The van der Waals surface area contributed by atoms with Crippen molar-refractivity contribution in [3.8, 4) is 0 Å². The van der Waals surface area contributed by atoms with Crippen molar-refractivity contribution >= 4 is 37.0 Å². The Morgan fingerprint density at radius 3 is 1.30 bits per heavy atom. The number of fused-ring (bicyclic) bond motifs is 3. The Labute approximate surface area is 242 Å². The Bertz CT molecular complexity index is 1810. The molecule has 0 atom stereocenters. The summed E-state index contributed by atoms with van der Waals surface area (Å²) in [6.45, 7) is 0. The first kappa shape index (κ1) is 37.2. The summed E-state index contributed by atoms with van der Waals surface area (Å²) in [6, 6.07) is 3.78. The van der Waals surface area contributed by atoms with Crippen LogP contribution in [-0.2, 0) is 19.7 Å². The maximum absolute atomic E-state index is 14.7. The van der Waals surface area contributed by atoms with Crippen LogP contribution in [0.15, 0.2) is 45.7 Å². The Balaban J connectivity index is 2.54. The second-order valence-electron chi connectivity index (χ2n) is 9.11. The Morgan fingerprint density at radius 2 is 0.891 bits per heavy atom.